The molecule has 0 radical (unpaired) electrons. The third-order valence-corrected chi connectivity index (χ3v) is 4.73. The van der Waals surface area contributed by atoms with Gasteiger partial charge < -0.3 is 4.42 Å². The largest absolute Gasteiger partial charge is 0.401 e. The first-order valence-corrected chi connectivity index (χ1v) is 8.79. The lowest BCUT2D eigenvalue weighted by molar-refractivity contribution is -0.113. The molecule has 0 aliphatic rings. The number of halogens is 1. The number of amides is 1. The van der Waals surface area contributed by atoms with Gasteiger partial charge in [-0.25, -0.2) is 4.98 Å². The van der Waals surface area contributed by atoms with E-state index >= 15 is 0 Å². The van der Waals surface area contributed by atoms with Gasteiger partial charge in [-0.2, -0.15) is 0 Å². The van der Waals surface area contributed by atoms with Gasteiger partial charge in [0.1, 0.15) is 5.69 Å². The molecule has 0 bridgehead atoms. The number of benzene rings is 1. The number of thiazole rings is 1. The molecule has 3 aromatic rings. The van der Waals surface area contributed by atoms with Crippen molar-refractivity contribution < 1.29 is 9.21 Å². The molecule has 0 saturated heterocycles. The summed E-state index contributed by atoms with van der Waals surface area (Å²) in [5, 5.41) is 13.6. The second-order valence-corrected chi connectivity index (χ2v) is 7.00. The highest BCUT2D eigenvalue weighted by Crippen LogP contribution is 2.23. The van der Waals surface area contributed by atoms with E-state index in [-0.39, 0.29) is 23.6 Å². The number of hydrogen-bond donors (Lipinski definition) is 1. The van der Waals surface area contributed by atoms with E-state index in [0.717, 1.165) is 9.90 Å². The maximum Gasteiger partial charge on any atom is 0.322 e. The molecule has 0 fully saturated rings. The van der Waals surface area contributed by atoms with Crippen molar-refractivity contribution >= 4 is 46.6 Å². The molecular formula is C14H11ClN4O2S2. The minimum atomic E-state index is -0.227. The SMILES string of the molecule is Cc1nc(-c2nnc(NC(=O)CSc3ccc(Cl)cc3)o2)cs1. The lowest BCUT2D eigenvalue weighted by atomic mass is 10.4. The summed E-state index contributed by atoms with van der Waals surface area (Å²) in [5.41, 5.74) is 0.607. The highest BCUT2D eigenvalue weighted by Gasteiger charge is 2.13. The van der Waals surface area contributed by atoms with Gasteiger partial charge in [0, 0.05) is 15.3 Å². The molecule has 23 heavy (non-hydrogen) atoms. The zero-order chi connectivity index (χ0) is 16.2. The second-order valence-electron chi connectivity index (χ2n) is 4.45. The van der Waals surface area contributed by atoms with E-state index in [2.05, 4.69) is 20.5 Å². The predicted molar refractivity (Wildman–Crippen MR) is 90.9 cm³/mol. The van der Waals surface area contributed by atoms with E-state index in [4.69, 9.17) is 16.0 Å². The quantitative estimate of drug-likeness (QED) is 0.690. The minimum absolute atomic E-state index is 0.0624. The highest BCUT2D eigenvalue weighted by atomic mass is 35.5. The van der Waals surface area contributed by atoms with Crippen molar-refractivity contribution in [3.05, 3.63) is 39.7 Å². The van der Waals surface area contributed by atoms with Gasteiger partial charge in [-0.15, -0.1) is 28.2 Å². The molecule has 3 rings (SSSR count). The number of anilines is 1. The van der Waals surface area contributed by atoms with E-state index in [0.29, 0.717) is 10.7 Å². The number of nitrogens with one attached hydrogen (secondary N) is 1. The summed E-state index contributed by atoms with van der Waals surface area (Å²) in [6.07, 6.45) is 0. The van der Waals surface area contributed by atoms with Gasteiger partial charge in [-0.1, -0.05) is 16.7 Å². The van der Waals surface area contributed by atoms with E-state index in [9.17, 15) is 4.79 Å². The molecule has 9 heteroatoms. The van der Waals surface area contributed by atoms with Gasteiger partial charge in [0.2, 0.25) is 5.91 Å². The van der Waals surface area contributed by atoms with Crippen molar-refractivity contribution in [1.29, 1.82) is 0 Å². The van der Waals surface area contributed by atoms with Crippen LogP contribution in [-0.2, 0) is 4.79 Å². The summed E-state index contributed by atoms with van der Waals surface area (Å²) in [6.45, 7) is 1.89. The highest BCUT2D eigenvalue weighted by molar-refractivity contribution is 8.00. The molecular weight excluding hydrogens is 356 g/mol. The Morgan fingerprint density at radius 1 is 1.35 bits per heavy atom. The van der Waals surface area contributed by atoms with Gasteiger partial charge in [0.25, 0.3) is 5.89 Å². The molecule has 2 aromatic heterocycles. The number of aryl methyl sites for hydroxylation is 1. The molecule has 2 heterocycles. The molecule has 0 aliphatic carbocycles. The molecule has 0 unspecified atom stereocenters. The lowest BCUT2D eigenvalue weighted by Crippen LogP contribution is -2.14. The number of carbonyl (C=O) groups is 1. The Balaban J connectivity index is 1.56. The van der Waals surface area contributed by atoms with Crippen LogP contribution in [0.1, 0.15) is 5.01 Å². The van der Waals surface area contributed by atoms with Crippen molar-refractivity contribution in [3.8, 4) is 11.6 Å². The zero-order valence-electron chi connectivity index (χ0n) is 11.9. The average Bonchev–Trinajstić information content (AvgIpc) is 3.16. The Bertz CT molecular complexity index is 816. The predicted octanol–water partition coefficient (Wildman–Crippen LogP) is 3.89. The fraction of sp³-hybridized carbons (Fsp3) is 0.143. The molecule has 1 N–H and O–H groups in total. The van der Waals surface area contributed by atoms with E-state index in [1.54, 1.807) is 12.1 Å². The van der Waals surface area contributed by atoms with Gasteiger partial charge >= 0.3 is 6.01 Å². The molecule has 118 valence electrons. The Kier molecular flexibility index (Phi) is 4.94. The summed E-state index contributed by atoms with van der Waals surface area (Å²) in [7, 11) is 0. The number of carbonyl (C=O) groups excluding carboxylic acids is 1. The summed E-state index contributed by atoms with van der Waals surface area (Å²) >= 11 is 8.70. The van der Waals surface area contributed by atoms with Gasteiger partial charge in [-0.05, 0) is 31.2 Å². The summed E-state index contributed by atoms with van der Waals surface area (Å²) in [5.74, 6) is 0.291. The Morgan fingerprint density at radius 2 is 2.13 bits per heavy atom. The minimum Gasteiger partial charge on any atom is -0.401 e. The smallest absolute Gasteiger partial charge is 0.322 e. The van der Waals surface area contributed by atoms with Crippen molar-refractivity contribution in [2.75, 3.05) is 11.1 Å². The van der Waals surface area contributed by atoms with Crippen molar-refractivity contribution in [1.82, 2.24) is 15.2 Å². The van der Waals surface area contributed by atoms with Crippen LogP contribution in [0.4, 0.5) is 6.01 Å². The molecule has 0 saturated carbocycles. The number of rotatable bonds is 5. The van der Waals surface area contributed by atoms with Crippen LogP contribution in [0.2, 0.25) is 5.02 Å². The maximum atomic E-state index is 11.9. The van der Waals surface area contributed by atoms with Gasteiger partial charge in [0.15, 0.2) is 0 Å². The molecule has 1 aromatic carbocycles. The summed E-state index contributed by atoms with van der Waals surface area (Å²) in [6, 6.07) is 7.34. The second kappa shape index (κ2) is 7.12. The van der Waals surface area contributed by atoms with Crippen LogP contribution in [0, 0.1) is 6.92 Å². The summed E-state index contributed by atoms with van der Waals surface area (Å²) < 4.78 is 5.38. The van der Waals surface area contributed by atoms with Gasteiger partial charge in [0.05, 0.1) is 10.8 Å². The molecule has 0 spiro atoms. The van der Waals surface area contributed by atoms with Crippen LogP contribution in [-0.4, -0.2) is 26.8 Å². The Hall–Kier alpha value is -1.90. The van der Waals surface area contributed by atoms with Crippen molar-refractivity contribution in [2.24, 2.45) is 0 Å². The standard InChI is InChI=1S/C14H11ClN4O2S2/c1-8-16-11(6-22-8)13-18-19-14(21-13)17-12(20)7-23-10-4-2-9(15)3-5-10/h2-6H,7H2,1H3,(H,17,19,20). The van der Waals surface area contributed by atoms with E-state index < -0.39 is 0 Å². The molecule has 0 aliphatic heterocycles. The van der Waals surface area contributed by atoms with Crippen molar-refractivity contribution in [3.63, 3.8) is 0 Å². The first-order chi connectivity index (χ1) is 11.1. The zero-order valence-corrected chi connectivity index (χ0v) is 14.3. The first kappa shape index (κ1) is 16.0. The number of hydrogen-bond acceptors (Lipinski definition) is 7. The van der Waals surface area contributed by atoms with Crippen LogP contribution in [0.25, 0.3) is 11.6 Å². The van der Waals surface area contributed by atoms with Crippen LogP contribution in [0.5, 0.6) is 0 Å². The van der Waals surface area contributed by atoms with Crippen molar-refractivity contribution in [2.45, 2.75) is 11.8 Å². The van der Waals surface area contributed by atoms with Gasteiger partial charge in [-0.3, -0.25) is 10.1 Å². The fourth-order valence-corrected chi connectivity index (χ4v) is 3.09. The number of aromatic nitrogens is 3. The third kappa shape index (κ3) is 4.31. The van der Waals surface area contributed by atoms with Crippen LogP contribution < -0.4 is 5.32 Å². The Labute approximate surface area is 145 Å². The molecule has 1 amide bonds. The van der Waals surface area contributed by atoms with Crippen LogP contribution >= 0.6 is 34.7 Å². The monoisotopic (exact) mass is 366 g/mol. The van der Waals surface area contributed by atoms with E-state index in [1.807, 2.05) is 24.4 Å². The number of nitrogens with zero attached hydrogens (tertiary/aromatic N) is 3. The first-order valence-electron chi connectivity index (χ1n) is 6.54. The average molecular weight is 367 g/mol. The summed E-state index contributed by atoms with van der Waals surface area (Å²) in [4.78, 5) is 17.1. The topological polar surface area (TPSA) is 80.9 Å². The fourth-order valence-electron chi connectivity index (χ4n) is 1.67. The van der Waals surface area contributed by atoms with Crippen LogP contribution in [0.3, 0.4) is 0 Å². The number of thioether (sulfide) groups is 1. The lowest BCUT2D eigenvalue weighted by Gasteiger charge is -2.01. The van der Waals surface area contributed by atoms with Crippen LogP contribution in [0.15, 0.2) is 39.0 Å². The molecule has 6 nitrogen and oxygen atoms in total. The molecule has 0 atom stereocenters. The maximum absolute atomic E-state index is 11.9. The normalized spacial score (nSPS) is 10.7. The Morgan fingerprint density at radius 3 is 2.83 bits per heavy atom. The third-order valence-electron chi connectivity index (χ3n) is 2.69. The van der Waals surface area contributed by atoms with E-state index in [1.165, 1.54) is 23.1 Å².